The monoisotopic (exact) mass is 630 g/mol. The van der Waals surface area contributed by atoms with Gasteiger partial charge in [-0.05, 0) is 71.1 Å². The highest BCUT2D eigenvalue weighted by Crippen LogP contribution is 2.51. The Hall–Kier alpha value is -4.26. The molecule has 3 aromatic carbocycles. The van der Waals surface area contributed by atoms with Crippen LogP contribution in [-0.2, 0) is 15.7 Å². The SMILES string of the molecule is CC(C)=CCC/C(C)=C/CC/C(C)=C/CN1C(=O)c2cccc(OP(C)(=O)OCc3ccccc3)c2Nc2c(O)cc(O)cc21. The molecular weight excluding hydrogens is 587 g/mol. The van der Waals surface area contributed by atoms with E-state index in [9.17, 15) is 19.6 Å². The summed E-state index contributed by atoms with van der Waals surface area (Å²) in [4.78, 5) is 15.5. The lowest BCUT2D eigenvalue weighted by molar-refractivity contribution is 0.0990. The van der Waals surface area contributed by atoms with Crippen LogP contribution in [0.1, 0.15) is 69.3 Å². The summed E-state index contributed by atoms with van der Waals surface area (Å²) in [5, 5.41) is 24.3. The molecule has 45 heavy (non-hydrogen) atoms. The van der Waals surface area contributed by atoms with E-state index in [1.807, 2.05) is 43.3 Å². The predicted molar refractivity (Wildman–Crippen MR) is 182 cm³/mol. The Balaban J connectivity index is 1.57. The van der Waals surface area contributed by atoms with Gasteiger partial charge in [-0.15, -0.1) is 0 Å². The number of carbonyl (C=O) groups is 1. The van der Waals surface area contributed by atoms with Crippen LogP contribution >= 0.6 is 7.60 Å². The van der Waals surface area contributed by atoms with Gasteiger partial charge in [-0.3, -0.25) is 9.32 Å². The number of aromatic hydroxyl groups is 2. The molecule has 0 radical (unpaired) electrons. The summed E-state index contributed by atoms with van der Waals surface area (Å²) in [5.41, 5.74) is 5.65. The van der Waals surface area contributed by atoms with Crippen LogP contribution in [0.5, 0.6) is 17.2 Å². The zero-order valence-electron chi connectivity index (χ0n) is 26.7. The summed E-state index contributed by atoms with van der Waals surface area (Å²) in [6, 6.07) is 16.8. The summed E-state index contributed by atoms with van der Waals surface area (Å²) in [5.74, 6) is -0.671. The van der Waals surface area contributed by atoms with Crippen LogP contribution in [0, 0.1) is 0 Å². The van der Waals surface area contributed by atoms with Gasteiger partial charge >= 0.3 is 7.60 Å². The first-order chi connectivity index (χ1) is 21.4. The molecule has 1 amide bonds. The number of nitrogens with zero attached hydrogens (tertiary/aromatic N) is 1. The Morgan fingerprint density at radius 3 is 2.29 bits per heavy atom. The lowest BCUT2D eigenvalue weighted by atomic mass is 10.1. The van der Waals surface area contributed by atoms with E-state index >= 15 is 0 Å². The second-order valence-electron chi connectivity index (χ2n) is 11.7. The molecule has 1 atom stereocenters. The van der Waals surface area contributed by atoms with E-state index < -0.39 is 7.60 Å². The number of amides is 1. The number of nitrogens with one attached hydrogen (secondary N) is 1. The number of para-hydroxylation sites is 1. The second-order valence-corrected chi connectivity index (χ2v) is 13.6. The van der Waals surface area contributed by atoms with Crippen molar-refractivity contribution < 1.29 is 28.6 Å². The van der Waals surface area contributed by atoms with Crippen LogP contribution in [0.2, 0.25) is 0 Å². The number of allylic oxidation sites excluding steroid dienone is 5. The lowest BCUT2D eigenvalue weighted by Crippen LogP contribution is -2.30. The first-order valence-corrected chi connectivity index (χ1v) is 17.1. The molecule has 1 aliphatic heterocycles. The number of benzene rings is 3. The maximum absolute atomic E-state index is 14.0. The standard InChI is InChI=1S/C36H43N2O6P/c1-25(2)12-9-13-26(3)14-10-15-27(4)20-21-38-31-22-29(39)23-32(40)35(31)37-34-30(36(38)41)18-11-19-33(34)44-45(5,42)43-24-28-16-7-6-8-17-28/h6-8,11-12,14,16-20,22-23,37,39-40H,9-10,13,15,21,24H2,1-5H3/b26-14+,27-20+. The van der Waals surface area contributed by atoms with Crippen LogP contribution < -0.4 is 14.7 Å². The van der Waals surface area contributed by atoms with Gasteiger partial charge in [-0.2, -0.15) is 0 Å². The fraction of sp³-hybridized carbons (Fsp3) is 0.306. The van der Waals surface area contributed by atoms with Gasteiger partial charge in [-0.25, -0.2) is 4.57 Å². The second kappa shape index (κ2) is 15.2. The first kappa shape index (κ1) is 33.6. The van der Waals surface area contributed by atoms with E-state index in [1.165, 1.54) is 34.8 Å². The van der Waals surface area contributed by atoms with Crippen LogP contribution in [-0.4, -0.2) is 29.3 Å². The van der Waals surface area contributed by atoms with Crippen molar-refractivity contribution in [3.63, 3.8) is 0 Å². The third-order valence-corrected chi connectivity index (χ3v) is 8.57. The molecular formula is C36H43N2O6P. The molecule has 0 fully saturated rings. The quantitative estimate of drug-likeness (QED) is 0.0747. The number of carbonyl (C=O) groups excluding carboxylic acids is 1. The van der Waals surface area contributed by atoms with Crippen molar-refractivity contribution >= 4 is 30.6 Å². The number of hydrogen-bond donors (Lipinski definition) is 3. The summed E-state index contributed by atoms with van der Waals surface area (Å²) in [6.45, 7) is 10.1. The average Bonchev–Trinajstić information content (AvgIpc) is 3.10. The van der Waals surface area contributed by atoms with Crippen molar-refractivity contribution in [1.82, 2.24) is 0 Å². The molecule has 1 heterocycles. The number of phenols is 2. The number of fused-ring (bicyclic) bond motifs is 2. The number of rotatable bonds is 13. The van der Waals surface area contributed by atoms with E-state index in [2.05, 4.69) is 38.2 Å². The van der Waals surface area contributed by atoms with E-state index in [0.29, 0.717) is 5.69 Å². The highest BCUT2D eigenvalue weighted by molar-refractivity contribution is 7.53. The molecule has 0 saturated carbocycles. The smallest absolute Gasteiger partial charge is 0.376 e. The van der Waals surface area contributed by atoms with Gasteiger partial charge in [-0.1, -0.05) is 71.3 Å². The Labute approximate surface area is 266 Å². The zero-order valence-corrected chi connectivity index (χ0v) is 27.6. The number of anilines is 3. The third kappa shape index (κ3) is 9.37. The van der Waals surface area contributed by atoms with Crippen LogP contribution in [0.3, 0.4) is 0 Å². The Bertz CT molecular complexity index is 1660. The van der Waals surface area contributed by atoms with Crippen LogP contribution in [0.15, 0.2) is 95.6 Å². The van der Waals surface area contributed by atoms with Gasteiger partial charge in [0.1, 0.15) is 17.2 Å². The van der Waals surface area contributed by atoms with Crippen molar-refractivity contribution in [2.75, 3.05) is 23.4 Å². The molecule has 1 unspecified atom stereocenters. The molecule has 0 spiro atoms. The van der Waals surface area contributed by atoms with Gasteiger partial charge in [0.05, 0.1) is 23.5 Å². The van der Waals surface area contributed by atoms with Gasteiger partial charge in [0.25, 0.3) is 5.91 Å². The third-order valence-electron chi connectivity index (χ3n) is 7.44. The lowest BCUT2D eigenvalue weighted by Gasteiger charge is -2.22. The minimum Gasteiger partial charge on any atom is -0.508 e. The minimum absolute atomic E-state index is 0.0869. The number of hydrogen-bond acceptors (Lipinski definition) is 7. The van der Waals surface area contributed by atoms with E-state index in [-0.39, 0.29) is 53.2 Å². The molecule has 8 nitrogen and oxygen atoms in total. The molecule has 0 aliphatic carbocycles. The normalized spacial score (nSPS) is 14.5. The largest absolute Gasteiger partial charge is 0.508 e. The van der Waals surface area contributed by atoms with Gasteiger partial charge < -0.3 is 25.0 Å². The van der Waals surface area contributed by atoms with E-state index in [1.54, 1.807) is 18.2 Å². The summed E-state index contributed by atoms with van der Waals surface area (Å²) in [6.07, 6.45) is 10.3. The maximum Gasteiger partial charge on any atom is 0.376 e. The molecule has 0 saturated heterocycles. The Morgan fingerprint density at radius 2 is 1.58 bits per heavy atom. The zero-order chi connectivity index (χ0) is 32.6. The highest BCUT2D eigenvalue weighted by atomic mass is 31.2. The van der Waals surface area contributed by atoms with Crippen LogP contribution in [0.25, 0.3) is 0 Å². The molecule has 0 aromatic heterocycles. The average molecular weight is 631 g/mol. The topological polar surface area (TPSA) is 108 Å². The molecule has 1 aliphatic rings. The fourth-order valence-electron chi connectivity index (χ4n) is 4.97. The van der Waals surface area contributed by atoms with Gasteiger partial charge in [0, 0.05) is 25.3 Å². The van der Waals surface area contributed by atoms with Crippen molar-refractivity contribution in [1.29, 1.82) is 0 Å². The predicted octanol–water partition coefficient (Wildman–Crippen LogP) is 9.64. The summed E-state index contributed by atoms with van der Waals surface area (Å²) >= 11 is 0. The molecule has 4 rings (SSSR count). The molecule has 238 valence electrons. The van der Waals surface area contributed by atoms with Crippen LogP contribution in [0.4, 0.5) is 17.1 Å². The fourth-order valence-corrected chi connectivity index (χ4v) is 5.92. The van der Waals surface area contributed by atoms with Gasteiger partial charge in [0.15, 0.2) is 5.75 Å². The molecule has 3 N–H and O–H groups in total. The Kier molecular flexibility index (Phi) is 11.3. The number of phenolic OH excluding ortho intramolecular Hbond substituents is 2. The molecule has 9 heteroatoms. The van der Waals surface area contributed by atoms with Gasteiger partial charge in [0.2, 0.25) is 0 Å². The molecule has 3 aromatic rings. The van der Waals surface area contributed by atoms with Crippen molar-refractivity contribution in [2.45, 2.75) is 60.0 Å². The van der Waals surface area contributed by atoms with E-state index in [4.69, 9.17) is 9.05 Å². The van der Waals surface area contributed by atoms with Crippen molar-refractivity contribution in [3.8, 4) is 17.2 Å². The Morgan fingerprint density at radius 1 is 0.889 bits per heavy atom. The first-order valence-electron chi connectivity index (χ1n) is 15.1. The van der Waals surface area contributed by atoms with E-state index in [0.717, 1.165) is 36.8 Å². The maximum atomic E-state index is 14.0. The van der Waals surface area contributed by atoms with Crippen molar-refractivity contribution in [3.05, 3.63) is 107 Å². The highest BCUT2D eigenvalue weighted by Gasteiger charge is 2.32. The minimum atomic E-state index is -3.62. The summed E-state index contributed by atoms with van der Waals surface area (Å²) in [7, 11) is -3.62. The summed E-state index contributed by atoms with van der Waals surface area (Å²) < 4.78 is 24.9. The molecule has 0 bridgehead atoms. The van der Waals surface area contributed by atoms with Crippen molar-refractivity contribution in [2.24, 2.45) is 0 Å².